The van der Waals surface area contributed by atoms with Gasteiger partial charge >= 0.3 is 6.41 Å². The summed E-state index contributed by atoms with van der Waals surface area (Å²) in [6.45, 7) is 0. The van der Waals surface area contributed by atoms with Crippen LogP contribution in [0.25, 0.3) is 0 Å². The third-order valence-electron chi connectivity index (χ3n) is 2.72. The van der Waals surface area contributed by atoms with Crippen LogP contribution in [0, 0.1) is 0 Å². The lowest BCUT2D eigenvalue weighted by atomic mass is 9.99. The van der Waals surface area contributed by atoms with E-state index in [4.69, 9.17) is 0 Å². The molecule has 1 unspecified atom stereocenters. The van der Waals surface area contributed by atoms with Gasteiger partial charge in [-0.3, -0.25) is 4.79 Å². The largest absolute Gasteiger partial charge is 0.341 e. The molecule has 0 aliphatic carbocycles. The van der Waals surface area contributed by atoms with Crippen molar-refractivity contribution >= 4 is 6.41 Å². The first-order valence-electron chi connectivity index (χ1n) is 5.61. The zero-order valence-corrected chi connectivity index (χ0v) is 9.47. The molecular formula is C15H14NO. The molecule has 2 aromatic carbocycles. The molecule has 2 rings (SSSR count). The molecule has 1 atom stereocenters. The molecule has 2 nitrogen and oxygen atoms in total. The van der Waals surface area contributed by atoms with Crippen LogP contribution in [0.5, 0.6) is 0 Å². The van der Waals surface area contributed by atoms with E-state index in [2.05, 4.69) is 17.4 Å². The van der Waals surface area contributed by atoms with Gasteiger partial charge < -0.3 is 5.32 Å². The van der Waals surface area contributed by atoms with Gasteiger partial charge in [0.2, 0.25) is 0 Å². The Morgan fingerprint density at radius 1 is 0.941 bits per heavy atom. The van der Waals surface area contributed by atoms with Crippen molar-refractivity contribution in [3.63, 3.8) is 0 Å². The molecule has 0 aliphatic rings. The van der Waals surface area contributed by atoms with E-state index < -0.39 is 0 Å². The quantitative estimate of drug-likeness (QED) is 0.777. The molecule has 0 fully saturated rings. The maximum Gasteiger partial charge on any atom is 0.309 e. The molecule has 0 aromatic heterocycles. The molecule has 0 spiro atoms. The fourth-order valence-corrected chi connectivity index (χ4v) is 1.86. The average molecular weight is 224 g/mol. The predicted molar refractivity (Wildman–Crippen MR) is 68.2 cm³/mol. The molecule has 0 bridgehead atoms. The molecule has 1 N–H and O–H groups in total. The standard InChI is InChI=1S/C15H14NO/c17-12-16-15(14-9-5-2-6-10-14)11-13-7-3-1-4-8-13/h1-10,15H,11H2,(H,16,17). The van der Waals surface area contributed by atoms with Crippen molar-refractivity contribution in [2.75, 3.05) is 0 Å². The Balaban J connectivity index is 2.16. The lowest BCUT2D eigenvalue weighted by Crippen LogP contribution is -2.21. The number of amides is 1. The van der Waals surface area contributed by atoms with E-state index in [0.717, 1.165) is 12.0 Å². The van der Waals surface area contributed by atoms with Crippen LogP contribution in [0.4, 0.5) is 0 Å². The van der Waals surface area contributed by atoms with Gasteiger partial charge in [0.25, 0.3) is 0 Å². The molecule has 0 aliphatic heterocycles. The maximum atomic E-state index is 10.5. The summed E-state index contributed by atoms with van der Waals surface area (Å²) in [7, 11) is 0. The van der Waals surface area contributed by atoms with Gasteiger partial charge in [-0.25, -0.2) is 0 Å². The van der Waals surface area contributed by atoms with Gasteiger partial charge in [0, 0.05) is 0 Å². The van der Waals surface area contributed by atoms with Crippen LogP contribution in [0.2, 0.25) is 0 Å². The molecule has 2 heteroatoms. The van der Waals surface area contributed by atoms with Crippen LogP contribution in [-0.4, -0.2) is 6.41 Å². The first kappa shape index (κ1) is 11.4. The van der Waals surface area contributed by atoms with Crippen molar-refractivity contribution in [2.45, 2.75) is 12.5 Å². The molecular weight excluding hydrogens is 210 g/mol. The van der Waals surface area contributed by atoms with Gasteiger partial charge in [-0.15, -0.1) is 0 Å². The number of benzene rings is 2. The first-order chi connectivity index (χ1) is 8.40. The number of hydrogen-bond donors (Lipinski definition) is 1. The topological polar surface area (TPSA) is 29.1 Å². The molecule has 85 valence electrons. The Morgan fingerprint density at radius 3 is 2.12 bits per heavy atom. The summed E-state index contributed by atoms with van der Waals surface area (Å²) in [5.74, 6) is 0. The smallest absolute Gasteiger partial charge is 0.309 e. The van der Waals surface area contributed by atoms with Gasteiger partial charge in [-0.1, -0.05) is 60.7 Å². The van der Waals surface area contributed by atoms with Gasteiger partial charge in [-0.2, -0.15) is 0 Å². The second-order valence-electron chi connectivity index (χ2n) is 3.90. The van der Waals surface area contributed by atoms with E-state index in [-0.39, 0.29) is 6.04 Å². The highest BCUT2D eigenvalue weighted by atomic mass is 16.1. The minimum atomic E-state index is -0.0175. The first-order valence-corrected chi connectivity index (χ1v) is 5.61. The fourth-order valence-electron chi connectivity index (χ4n) is 1.86. The van der Waals surface area contributed by atoms with Crippen molar-refractivity contribution in [3.05, 3.63) is 71.8 Å². The Hall–Kier alpha value is -2.09. The van der Waals surface area contributed by atoms with E-state index in [1.54, 1.807) is 6.41 Å². The Morgan fingerprint density at radius 2 is 1.53 bits per heavy atom. The molecule has 2 aromatic rings. The van der Waals surface area contributed by atoms with Crippen LogP contribution in [0.15, 0.2) is 60.7 Å². The summed E-state index contributed by atoms with van der Waals surface area (Å²) in [6.07, 6.45) is 2.56. The van der Waals surface area contributed by atoms with E-state index in [1.165, 1.54) is 5.56 Å². The van der Waals surface area contributed by atoms with Crippen LogP contribution >= 0.6 is 0 Å². The third-order valence-corrected chi connectivity index (χ3v) is 2.72. The maximum absolute atomic E-state index is 10.5. The van der Waals surface area contributed by atoms with E-state index in [1.807, 2.05) is 48.5 Å². The summed E-state index contributed by atoms with van der Waals surface area (Å²) in [6, 6.07) is 20.0. The van der Waals surface area contributed by atoms with Crippen molar-refractivity contribution < 1.29 is 4.79 Å². The number of nitrogens with one attached hydrogen (secondary N) is 1. The highest BCUT2D eigenvalue weighted by Gasteiger charge is 2.10. The summed E-state index contributed by atoms with van der Waals surface area (Å²) < 4.78 is 0. The highest BCUT2D eigenvalue weighted by molar-refractivity contribution is 5.49. The minimum Gasteiger partial charge on any atom is -0.341 e. The van der Waals surface area contributed by atoms with Crippen LogP contribution in [-0.2, 0) is 11.2 Å². The summed E-state index contributed by atoms with van der Waals surface area (Å²) in [4.78, 5) is 10.5. The minimum absolute atomic E-state index is 0.0175. The summed E-state index contributed by atoms with van der Waals surface area (Å²) in [5.41, 5.74) is 2.30. The van der Waals surface area contributed by atoms with E-state index >= 15 is 0 Å². The highest BCUT2D eigenvalue weighted by Crippen LogP contribution is 2.17. The molecule has 0 saturated heterocycles. The SMILES string of the molecule is O=[C]NC(Cc1ccccc1)c1ccccc1. The molecule has 1 amide bonds. The summed E-state index contributed by atoms with van der Waals surface area (Å²) in [5, 5.41) is 2.74. The third kappa shape index (κ3) is 3.18. The van der Waals surface area contributed by atoms with Gasteiger partial charge in [-0.05, 0) is 17.5 Å². The second kappa shape index (κ2) is 5.85. The van der Waals surface area contributed by atoms with Gasteiger partial charge in [0.1, 0.15) is 0 Å². The van der Waals surface area contributed by atoms with Gasteiger partial charge in [0.05, 0.1) is 6.04 Å². The zero-order chi connectivity index (χ0) is 11.9. The number of carbonyl (C=O) groups excluding carboxylic acids is 1. The molecule has 0 heterocycles. The van der Waals surface area contributed by atoms with Crippen LogP contribution in [0.1, 0.15) is 17.2 Å². The zero-order valence-electron chi connectivity index (χ0n) is 9.47. The van der Waals surface area contributed by atoms with Gasteiger partial charge in [0.15, 0.2) is 0 Å². The fraction of sp³-hybridized carbons (Fsp3) is 0.133. The van der Waals surface area contributed by atoms with E-state index in [0.29, 0.717) is 0 Å². The Labute approximate surface area is 101 Å². The summed E-state index contributed by atoms with van der Waals surface area (Å²) >= 11 is 0. The lowest BCUT2D eigenvalue weighted by molar-refractivity contribution is 0.520. The van der Waals surface area contributed by atoms with Crippen LogP contribution in [0.3, 0.4) is 0 Å². The average Bonchev–Trinajstić information content (AvgIpc) is 2.40. The van der Waals surface area contributed by atoms with Crippen LogP contribution < -0.4 is 5.32 Å². The van der Waals surface area contributed by atoms with E-state index in [9.17, 15) is 4.79 Å². The second-order valence-corrected chi connectivity index (χ2v) is 3.90. The van der Waals surface area contributed by atoms with Crippen molar-refractivity contribution in [1.29, 1.82) is 0 Å². The van der Waals surface area contributed by atoms with Crippen molar-refractivity contribution in [3.8, 4) is 0 Å². The monoisotopic (exact) mass is 224 g/mol. The molecule has 17 heavy (non-hydrogen) atoms. The van der Waals surface area contributed by atoms with Crippen molar-refractivity contribution in [1.82, 2.24) is 5.32 Å². The van der Waals surface area contributed by atoms with Crippen molar-refractivity contribution in [2.24, 2.45) is 0 Å². The number of hydrogen-bond acceptors (Lipinski definition) is 1. The number of rotatable bonds is 5. The molecule has 1 radical (unpaired) electrons. The lowest BCUT2D eigenvalue weighted by Gasteiger charge is -2.16. The molecule has 0 saturated carbocycles. The normalized spacial score (nSPS) is 11.8. The Bertz CT molecular complexity index is 453. The predicted octanol–water partition coefficient (Wildman–Crippen LogP) is 2.63. The Kier molecular flexibility index (Phi) is 3.92.